The minimum absolute atomic E-state index is 0.0879. The van der Waals surface area contributed by atoms with Crippen LogP contribution >= 0.6 is 15.9 Å². The molecular weight excluding hydrogens is 320 g/mol. The second-order valence-corrected chi connectivity index (χ2v) is 6.43. The van der Waals surface area contributed by atoms with Gasteiger partial charge in [0.2, 0.25) is 15.9 Å². The number of hydrogen-bond donors (Lipinski definition) is 2. The van der Waals surface area contributed by atoms with E-state index in [0.29, 0.717) is 23.1 Å². The van der Waals surface area contributed by atoms with Crippen LogP contribution in [0.3, 0.4) is 0 Å². The van der Waals surface area contributed by atoms with Crippen molar-refractivity contribution in [3.05, 3.63) is 23.8 Å². The monoisotopic (exact) mass is 334 g/mol. The van der Waals surface area contributed by atoms with E-state index in [9.17, 15) is 13.2 Å². The SMILES string of the molecule is Cc1cc(NC(=O)CCBr)ccc1NS(C)(=O)=O. The van der Waals surface area contributed by atoms with E-state index in [1.165, 1.54) is 0 Å². The lowest BCUT2D eigenvalue weighted by molar-refractivity contribution is -0.115. The second kappa shape index (κ2) is 6.19. The molecule has 1 aromatic rings. The Morgan fingerprint density at radius 2 is 2.06 bits per heavy atom. The summed E-state index contributed by atoms with van der Waals surface area (Å²) in [6, 6.07) is 5.01. The molecule has 7 heteroatoms. The molecule has 0 heterocycles. The fourth-order valence-electron chi connectivity index (χ4n) is 1.36. The van der Waals surface area contributed by atoms with Gasteiger partial charge in [-0.3, -0.25) is 9.52 Å². The summed E-state index contributed by atoms with van der Waals surface area (Å²) < 4.78 is 24.6. The zero-order valence-corrected chi connectivity index (χ0v) is 12.6. The Morgan fingerprint density at radius 1 is 1.39 bits per heavy atom. The molecule has 18 heavy (non-hydrogen) atoms. The van der Waals surface area contributed by atoms with Crippen molar-refractivity contribution in [2.45, 2.75) is 13.3 Å². The van der Waals surface area contributed by atoms with Crippen molar-refractivity contribution in [3.8, 4) is 0 Å². The van der Waals surface area contributed by atoms with Crippen LogP contribution < -0.4 is 10.0 Å². The lowest BCUT2D eigenvalue weighted by atomic mass is 10.2. The van der Waals surface area contributed by atoms with E-state index in [4.69, 9.17) is 0 Å². The number of carbonyl (C=O) groups is 1. The molecule has 0 aliphatic carbocycles. The summed E-state index contributed by atoms with van der Waals surface area (Å²) in [5.74, 6) is -0.0879. The summed E-state index contributed by atoms with van der Waals surface area (Å²) in [5.41, 5.74) is 1.91. The van der Waals surface area contributed by atoms with Gasteiger partial charge in [0, 0.05) is 17.4 Å². The maximum absolute atomic E-state index is 11.4. The van der Waals surface area contributed by atoms with E-state index in [0.717, 1.165) is 11.8 Å². The number of carbonyl (C=O) groups excluding carboxylic acids is 1. The van der Waals surface area contributed by atoms with Crippen molar-refractivity contribution < 1.29 is 13.2 Å². The molecule has 0 spiro atoms. The first-order valence-corrected chi connectivity index (χ1v) is 8.27. The predicted octanol–water partition coefficient (Wildman–Crippen LogP) is 2.09. The Kier molecular flexibility index (Phi) is 5.15. The van der Waals surface area contributed by atoms with Gasteiger partial charge in [-0.25, -0.2) is 8.42 Å². The minimum Gasteiger partial charge on any atom is -0.326 e. The Hall–Kier alpha value is -1.08. The lowest BCUT2D eigenvalue weighted by Gasteiger charge is -2.10. The number of hydrogen-bond acceptors (Lipinski definition) is 3. The van der Waals surface area contributed by atoms with Crippen LogP contribution in [0.15, 0.2) is 18.2 Å². The third-order valence-electron chi connectivity index (χ3n) is 2.13. The van der Waals surface area contributed by atoms with E-state index in [1.54, 1.807) is 25.1 Å². The number of nitrogens with one attached hydrogen (secondary N) is 2. The summed E-state index contributed by atoms with van der Waals surface area (Å²) in [5, 5.41) is 3.33. The molecule has 1 rings (SSSR count). The molecule has 0 aliphatic heterocycles. The van der Waals surface area contributed by atoms with Crippen LogP contribution in [0, 0.1) is 6.92 Å². The van der Waals surface area contributed by atoms with E-state index >= 15 is 0 Å². The highest BCUT2D eigenvalue weighted by Crippen LogP contribution is 2.20. The Labute approximate surface area is 115 Å². The highest BCUT2D eigenvalue weighted by molar-refractivity contribution is 9.09. The summed E-state index contributed by atoms with van der Waals surface area (Å²) in [6.45, 7) is 1.77. The van der Waals surface area contributed by atoms with Gasteiger partial charge in [-0.1, -0.05) is 15.9 Å². The number of amides is 1. The summed E-state index contributed by atoms with van der Waals surface area (Å²) in [4.78, 5) is 11.4. The third-order valence-corrected chi connectivity index (χ3v) is 3.11. The predicted molar refractivity (Wildman–Crippen MR) is 76.7 cm³/mol. The van der Waals surface area contributed by atoms with E-state index < -0.39 is 10.0 Å². The number of aryl methyl sites for hydroxylation is 1. The van der Waals surface area contributed by atoms with E-state index in [2.05, 4.69) is 26.0 Å². The largest absolute Gasteiger partial charge is 0.326 e. The standard InChI is InChI=1S/C11H15BrN2O3S/c1-8-7-9(13-11(15)5-6-12)3-4-10(8)14-18(2,16)17/h3-4,7,14H,5-6H2,1-2H3,(H,13,15). The van der Waals surface area contributed by atoms with Gasteiger partial charge in [0.1, 0.15) is 0 Å². The van der Waals surface area contributed by atoms with Crippen LogP contribution in [-0.4, -0.2) is 25.9 Å². The van der Waals surface area contributed by atoms with Gasteiger partial charge in [0.25, 0.3) is 0 Å². The van der Waals surface area contributed by atoms with Gasteiger partial charge >= 0.3 is 0 Å². The topological polar surface area (TPSA) is 75.3 Å². The Morgan fingerprint density at radius 3 is 2.56 bits per heavy atom. The molecular formula is C11H15BrN2O3S. The second-order valence-electron chi connectivity index (χ2n) is 3.89. The van der Waals surface area contributed by atoms with Crippen LogP contribution in [0.5, 0.6) is 0 Å². The molecule has 5 nitrogen and oxygen atoms in total. The zero-order valence-electron chi connectivity index (χ0n) is 10.2. The Bertz CT molecular complexity index is 543. The first kappa shape index (κ1) is 15.0. The molecule has 2 N–H and O–H groups in total. The van der Waals surface area contributed by atoms with E-state index in [-0.39, 0.29) is 5.91 Å². The molecule has 1 amide bonds. The summed E-state index contributed by atoms with van der Waals surface area (Å²) in [6.07, 6.45) is 1.49. The molecule has 0 bridgehead atoms. The Balaban J connectivity index is 2.83. The van der Waals surface area contributed by atoms with Crippen molar-refractivity contribution in [2.24, 2.45) is 0 Å². The first-order valence-electron chi connectivity index (χ1n) is 5.26. The molecule has 1 aromatic carbocycles. The van der Waals surface area contributed by atoms with Gasteiger partial charge in [-0.15, -0.1) is 0 Å². The highest BCUT2D eigenvalue weighted by Gasteiger charge is 2.07. The van der Waals surface area contributed by atoms with Gasteiger partial charge < -0.3 is 5.32 Å². The van der Waals surface area contributed by atoms with Gasteiger partial charge in [-0.05, 0) is 30.7 Å². The molecule has 0 radical (unpaired) electrons. The molecule has 0 saturated carbocycles. The van der Waals surface area contributed by atoms with E-state index in [1.807, 2.05) is 0 Å². The quantitative estimate of drug-likeness (QED) is 0.809. The fraction of sp³-hybridized carbons (Fsp3) is 0.364. The van der Waals surface area contributed by atoms with Crippen molar-refractivity contribution in [1.82, 2.24) is 0 Å². The number of sulfonamides is 1. The molecule has 0 aliphatic rings. The maximum atomic E-state index is 11.4. The number of halogens is 1. The minimum atomic E-state index is -3.29. The average molecular weight is 335 g/mol. The van der Waals surface area contributed by atoms with Crippen LogP contribution in [-0.2, 0) is 14.8 Å². The van der Waals surface area contributed by atoms with Crippen LogP contribution in [0.2, 0.25) is 0 Å². The lowest BCUT2D eigenvalue weighted by Crippen LogP contribution is -2.13. The summed E-state index contributed by atoms with van der Waals surface area (Å²) in [7, 11) is -3.29. The maximum Gasteiger partial charge on any atom is 0.229 e. The fourth-order valence-corrected chi connectivity index (χ4v) is 2.35. The zero-order chi connectivity index (χ0) is 13.8. The van der Waals surface area contributed by atoms with Crippen molar-refractivity contribution >= 4 is 43.2 Å². The molecule has 100 valence electrons. The number of benzene rings is 1. The van der Waals surface area contributed by atoms with Crippen molar-refractivity contribution in [2.75, 3.05) is 21.6 Å². The highest BCUT2D eigenvalue weighted by atomic mass is 79.9. The number of rotatable bonds is 5. The van der Waals surface area contributed by atoms with Gasteiger partial charge in [0.05, 0.1) is 11.9 Å². The van der Waals surface area contributed by atoms with Crippen LogP contribution in [0.1, 0.15) is 12.0 Å². The summed E-state index contributed by atoms with van der Waals surface area (Å²) >= 11 is 3.18. The third kappa shape index (κ3) is 5.05. The smallest absolute Gasteiger partial charge is 0.229 e. The van der Waals surface area contributed by atoms with Gasteiger partial charge in [0.15, 0.2) is 0 Å². The molecule has 0 aromatic heterocycles. The number of anilines is 2. The molecule has 0 unspecified atom stereocenters. The normalized spacial score (nSPS) is 11.1. The number of alkyl halides is 1. The van der Waals surface area contributed by atoms with Crippen molar-refractivity contribution in [1.29, 1.82) is 0 Å². The van der Waals surface area contributed by atoms with Crippen molar-refractivity contribution in [3.63, 3.8) is 0 Å². The van der Waals surface area contributed by atoms with Gasteiger partial charge in [-0.2, -0.15) is 0 Å². The molecule has 0 fully saturated rings. The molecule has 0 atom stereocenters. The first-order chi connectivity index (χ1) is 8.31. The average Bonchev–Trinajstić information content (AvgIpc) is 2.21. The van der Waals surface area contributed by atoms with Crippen LogP contribution in [0.4, 0.5) is 11.4 Å². The van der Waals surface area contributed by atoms with Crippen LogP contribution in [0.25, 0.3) is 0 Å². The molecule has 0 saturated heterocycles.